The number of anilines is 1. The maximum atomic E-state index is 12.8. The molecule has 0 bridgehead atoms. The fourth-order valence-electron chi connectivity index (χ4n) is 4.75. The number of hydrogen-bond donors (Lipinski definition) is 3. The van der Waals surface area contributed by atoms with Gasteiger partial charge in [0.05, 0.1) is 5.69 Å². The van der Waals surface area contributed by atoms with Crippen molar-refractivity contribution < 1.29 is 24.2 Å². The van der Waals surface area contributed by atoms with Gasteiger partial charge < -0.3 is 15.2 Å². The molecule has 1 heterocycles. The number of hydrogen-bond acceptors (Lipinski definition) is 5. The van der Waals surface area contributed by atoms with Gasteiger partial charge in [0.1, 0.15) is 6.61 Å². The van der Waals surface area contributed by atoms with E-state index in [1.165, 1.54) is 10.9 Å². The molecule has 1 atom stereocenters. The van der Waals surface area contributed by atoms with Crippen LogP contribution in [0.25, 0.3) is 11.1 Å². The van der Waals surface area contributed by atoms with E-state index in [9.17, 15) is 14.4 Å². The van der Waals surface area contributed by atoms with E-state index < -0.39 is 18.0 Å². The van der Waals surface area contributed by atoms with Crippen LogP contribution < -0.4 is 10.6 Å². The Morgan fingerprint density at radius 2 is 1.74 bits per heavy atom. The molecular formula is C26H24N4O5. The molecule has 0 fully saturated rings. The third kappa shape index (κ3) is 4.40. The summed E-state index contributed by atoms with van der Waals surface area (Å²) < 4.78 is 6.99. The predicted octanol–water partition coefficient (Wildman–Crippen LogP) is 3.68. The van der Waals surface area contributed by atoms with Crippen LogP contribution >= 0.6 is 0 Å². The van der Waals surface area contributed by atoms with Crippen molar-refractivity contribution in [2.24, 2.45) is 7.05 Å². The summed E-state index contributed by atoms with van der Waals surface area (Å²) in [5.74, 6) is -1.56. The van der Waals surface area contributed by atoms with Crippen LogP contribution in [0.4, 0.5) is 10.5 Å². The monoisotopic (exact) mass is 472 g/mol. The zero-order chi connectivity index (χ0) is 24.5. The maximum Gasteiger partial charge on any atom is 0.411 e. The fourth-order valence-corrected chi connectivity index (χ4v) is 4.75. The largest absolute Gasteiger partial charge is 0.478 e. The number of carbonyl (C=O) groups excluding carboxylic acids is 2. The number of amides is 2. The Kier molecular flexibility index (Phi) is 5.82. The number of benzene rings is 2. The Labute approximate surface area is 201 Å². The van der Waals surface area contributed by atoms with E-state index in [1.54, 1.807) is 13.1 Å². The minimum Gasteiger partial charge on any atom is -0.478 e. The number of aromatic nitrogens is 2. The van der Waals surface area contributed by atoms with Gasteiger partial charge in [-0.3, -0.25) is 14.8 Å². The van der Waals surface area contributed by atoms with Crippen molar-refractivity contribution in [2.75, 3.05) is 11.9 Å². The zero-order valence-electron chi connectivity index (χ0n) is 19.0. The molecule has 3 aromatic rings. The van der Waals surface area contributed by atoms with Gasteiger partial charge in [0.15, 0.2) is 5.69 Å². The molecule has 2 amide bonds. The summed E-state index contributed by atoms with van der Waals surface area (Å²) in [6, 6.07) is 15.8. The SMILES string of the molecule is Cn1cc(NC(=O)OCC2c3ccccc3-c3ccccc32)c(C(=O)NC2CC=C(C(=O)O)C2)n1. The van der Waals surface area contributed by atoms with Crippen LogP contribution in [-0.4, -0.2) is 45.5 Å². The summed E-state index contributed by atoms with van der Waals surface area (Å²) in [5, 5.41) is 18.7. The first-order valence-electron chi connectivity index (χ1n) is 11.3. The van der Waals surface area contributed by atoms with Crippen molar-refractivity contribution in [2.45, 2.75) is 24.8 Å². The Hall–Kier alpha value is -4.40. The smallest absolute Gasteiger partial charge is 0.411 e. The van der Waals surface area contributed by atoms with Crippen molar-refractivity contribution >= 4 is 23.7 Å². The van der Waals surface area contributed by atoms with Gasteiger partial charge in [0, 0.05) is 30.8 Å². The molecule has 0 aliphatic heterocycles. The standard InChI is InChI=1S/C26H24N4O5/c1-30-13-22(23(29-30)24(31)27-16-11-10-15(12-16)25(32)33)28-26(34)35-14-21-19-8-4-2-6-17(19)18-7-3-5-9-20(18)21/h2-10,13,16,21H,11-12,14H2,1H3,(H,27,31)(H,28,34)(H,32,33). The van der Waals surface area contributed by atoms with E-state index >= 15 is 0 Å². The number of carboxylic acids is 1. The molecular weight excluding hydrogens is 448 g/mol. The minimum absolute atomic E-state index is 0.0322. The third-order valence-electron chi connectivity index (χ3n) is 6.35. The summed E-state index contributed by atoms with van der Waals surface area (Å²) >= 11 is 0. The van der Waals surface area contributed by atoms with Crippen LogP contribution in [0.1, 0.15) is 40.4 Å². The lowest BCUT2D eigenvalue weighted by Gasteiger charge is -2.15. The van der Waals surface area contributed by atoms with Crippen LogP contribution in [0.2, 0.25) is 0 Å². The average molecular weight is 473 g/mol. The molecule has 1 aromatic heterocycles. The molecule has 0 radical (unpaired) electrons. The van der Waals surface area contributed by atoms with E-state index in [0.717, 1.165) is 22.3 Å². The number of nitrogens with one attached hydrogen (secondary N) is 2. The number of carbonyl (C=O) groups is 3. The first kappa shape index (κ1) is 22.4. The first-order valence-corrected chi connectivity index (χ1v) is 11.3. The van der Waals surface area contributed by atoms with Gasteiger partial charge in [-0.1, -0.05) is 54.6 Å². The molecule has 35 heavy (non-hydrogen) atoms. The van der Waals surface area contributed by atoms with Gasteiger partial charge >= 0.3 is 12.1 Å². The van der Waals surface area contributed by atoms with E-state index in [2.05, 4.69) is 27.9 Å². The maximum absolute atomic E-state index is 12.8. The number of nitrogens with zero attached hydrogens (tertiary/aromatic N) is 2. The zero-order valence-corrected chi connectivity index (χ0v) is 19.0. The van der Waals surface area contributed by atoms with Crippen molar-refractivity contribution in [1.29, 1.82) is 0 Å². The Morgan fingerprint density at radius 1 is 1.09 bits per heavy atom. The van der Waals surface area contributed by atoms with Crippen molar-refractivity contribution in [1.82, 2.24) is 15.1 Å². The lowest BCUT2D eigenvalue weighted by atomic mass is 9.98. The van der Waals surface area contributed by atoms with Crippen LogP contribution in [0.3, 0.4) is 0 Å². The molecule has 178 valence electrons. The number of ether oxygens (including phenoxy) is 1. The highest BCUT2D eigenvalue weighted by molar-refractivity contribution is 6.01. The number of rotatable bonds is 6. The third-order valence-corrected chi connectivity index (χ3v) is 6.35. The molecule has 0 spiro atoms. The van der Waals surface area contributed by atoms with Crippen molar-refractivity contribution in [3.05, 3.63) is 83.2 Å². The number of aryl methyl sites for hydroxylation is 1. The quantitative estimate of drug-likeness (QED) is 0.503. The lowest BCUT2D eigenvalue weighted by molar-refractivity contribution is -0.132. The summed E-state index contributed by atoms with van der Waals surface area (Å²) in [4.78, 5) is 36.6. The normalized spacial score (nSPS) is 16.3. The van der Waals surface area contributed by atoms with E-state index in [1.807, 2.05) is 36.4 Å². The molecule has 5 rings (SSSR count). The second-order valence-electron chi connectivity index (χ2n) is 8.66. The molecule has 2 aromatic carbocycles. The second-order valence-corrected chi connectivity index (χ2v) is 8.66. The van der Waals surface area contributed by atoms with Gasteiger partial charge in [-0.2, -0.15) is 5.10 Å². The topological polar surface area (TPSA) is 123 Å². The van der Waals surface area contributed by atoms with E-state index in [4.69, 9.17) is 9.84 Å². The summed E-state index contributed by atoms with van der Waals surface area (Å²) in [5.41, 5.74) is 5.00. The van der Waals surface area contributed by atoms with Gasteiger partial charge in [-0.25, -0.2) is 9.59 Å². The molecule has 3 N–H and O–H groups in total. The van der Waals surface area contributed by atoms with Gasteiger partial charge in [0.2, 0.25) is 0 Å². The second kappa shape index (κ2) is 9.09. The molecule has 2 aliphatic carbocycles. The summed E-state index contributed by atoms with van der Waals surface area (Å²) in [6.07, 6.45) is 3.09. The van der Waals surface area contributed by atoms with Gasteiger partial charge in [-0.05, 0) is 35.1 Å². The minimum atomic E-state index is -0.989. The molecule has 0 saturated carbocycles. The average Bonchev–Trinajstić information content (AvgIpc) is 3.54. The Morgan fingerprint density at radius 3 is 2.37 bits per heavy atom. The fraction of sp³-hybridized carbons (Fsp3) is 0.231. The van der Waals surface area contributed by atoms with Crippen molar-refractivity contribution in [3.63, 3.8) is 0 Å². The Balaban J connectivity index is 1.24. The molecule has 1 unspecified atom stereocenters. The first-order chi connectivity index (χ1) is 16.9. The van der Waals surface area contributed by atoms with Gasteiger partial charge in [0.25, 0.3) is 5.91 Å². The number of carboxylic acid groups (broad SMARTS) is 1. The molecule has 9 heteroatoms. The Bertz CT molecular complexity index is 1310. The number of fused-ring (bicyclic) bond motifs is 3. The van der Waals surface area contributed by atoms with Crippen LogP contribution in [0, 0.1) is 0 Å². The summed E-state index contributed by atoms with van der Waals surface area (Å²) in [6.45, 7) is 0.146. The van der Waals surface area contributed by atoms with Crippen LogP contribution in [0.15, 0.2) is 66.4 Å². The molecule has 2 aliphatic rings. The highest BCUT2D eigenvalue weighted by atomic mass is 16.5. The van der Waals surface area contributed by atoms with Crippen molar-refractivity contribution in [3.8, 4) is 11.1 Å². The van der Waals surface area contributed by atoms with Gasteiger partial charge in [-0.15, -0.1) is 0 Å². The molecule has 9 nitrogen and oxygen atoms in total. The number of aliphatic carboxylic acids is 1. The highest BCUT2D eigenvalue weighted by Crippen LogP contribution is 2.44. The van der Waals surface area contributed by atoms with Crippen LogP contribution in [0.5, 0.6) is 0 Å². The van der Waals surface area contributed by atoms with Crippen LogP contribution in [-0.2, 0) is 16.6 Å². The molecule has 0 saturated heterocycles. The van der Waals surface area contributed by atoms with E-state index in [0.29, 0.717) is 6.42 Å². The lowest BCUT2D eigenvalue weighted by Crippen LogP contribution is -2.34. The predicted molar refractivity (Wildman–Crippen MR) is 128 cm³/mol. The summed E-state index contributed by atoms with van der Waals surface area (Å²) in [7, 11) is 1.64. The highest BCUT2D eigenvalue weighted by Gasteiger charge is 2.30. The van der Waals surface area contributed by atoms with E-state index in [-0.39, 0.29) is 41.9 Å².